The van der Waals surface area contributed by atoms with Crippen molar-refractivity contribution in [1.29, 1.82) is 0 Å². The van der Waals surface area contributed by atoms with E-state index in [1.807, 2.05) is 0 Å². The summed E-state index contributed by atoms with van der Waals surface area (Å²) in [4.78, 5) is 0. The second-order valence-electron chi connectivity index (χ2n) is 1.72. The summed E-state index contributed by atoms with van der Waals surface area (Å²) in [5.41, 5.74) is 0. The van der Waals surface area contributed by atoms with Gasteiger partial charge in [0.1, 0.15) is 0 Å². The van der Waals surface area contributed by atoms with Crippen LogP contribution >= 0.6 is 0 Å². The van der Waals surface area contributed by atoms with Crippen LogP contribution in [0.3, 0.4) is 0 Å². The molecule has 0 spiro atoms. The molecule has 56 valence electrons. The quantitative estimate of drug-likeness (QED) is 0.660. The van der Waals surface area contributed by atoms with E-state index in [0.717, 1.165) is 6.61 Å². The van der Waals surface area contributed by atoms with Crippen molar-refractivity contribution in [3.63, 3.8) is 0 Å². The Labute approximate surface area is 69.5 Å². The van der Waals surface area contributed by atoms with Gasteiger partial charge >= 0.3 is 0 Å². The second-order valence-corrected chi connectivity index (χ2v) is 1.72. The third kappa shape index (κ3) is 3.14. The summed E-state index contributed by atoms with van der Waals surface area (Å²) in [6.45, 7) is 5.68. The Bertz CT molecular complexity index is 79.1. The van der Waals surface area contributed by atoms with Crippen LogP contribution in [0.5, 0.6) is 0 Å². The average Bonchev–Trinajstić information content (AvgIpc) is 1.90. The first-order valence-electron chi connectivity index (χ1n) is 2.75. The molecule has 1 heterocycles. The molecule has 1 unspecified atom stereocenters. The zero-order valence-electron chi connectivity index (χ0n) is 5.12. The first-order chi connectivity index (χ1) is 3.93. The summed E-state index contributed by atoms with van der Waals surface area (Å²) in [6.07, 6.45) is 1.89. The first-order valence-corrected chi connectivity index (χ1v) is 2.75. The molecule has 0 bridgehead atoms. The van der Waals surface area contributed by atoms with Gasteiger partial charge < -0.3 is 9.47 Å². The van der Waals surface area contributed by atoms with E-state index in [1.165, 1.54) is 0 Å². The molecule has 0 saturated carbocycles. The van der Waals surface area contributed by atoms with E-state index < -0.39 is 0 Å². The van der Waals surface area contributed by atoms with Crippen LogP contribution in [0.25, 0.3) is 0 Å². The molecule has 1 aliphatic rings. The molecule has 1 saturated heterocycles. The van der Waals surface area contributed by atoms with Crippen LogP contribution in [0.15, 0.2) is 12.7 Å². The summed E-state index contributed by atoms with van der Waals surface area (Å²) in [6, 6.07) is 0. The maximum absolute atomic E-state index is 5.18. The zero-order chi connectivity index (χ0) is 5.82. The summed E-state index contributed by atoms with van der Waals surface area (Å²) in [5, 5.41) is 0. The summed E-state index contributed by atoms with van der Waals surface area (Å²) < 4.78 is 10.3. The van der Waals surface area contributed by atoms with Crippen molar-refractivity contribution < 1.29 is 30.5 Å². The van der Waals surface area contributed by atoms with Crippen molar-refractivity contribution in [2.24, 2.45) is 0 Å². The van der Waals surface area contributed by atoms with Crippen LogP contribution in [0, 0.1) is 0 Å². The van der Waals surface area contributed by atoms with Gasteiger partial charge in [-0.2, -0.15) is 0 Å². The van der Waals surface area contributed by atoms with E-state index in [0.29, 0.717) is 13.2 Å². The minimum absolute atomic E-state index is 0. The number of hydrogen-bond donors (Lipinski definition) is 0. The van der Waals surface area contributed by atoms with E-state index in [-0.39, 0.29) is 27.2 Å². The molecule has 2 nitrogen and oxygen atoms in total. The van der Waals surface area contributed by atoms with Crippen LogP contribution in [0.1, 0.15) is 0 Å². The van der Waals surface area contributed by atoms with Gasteiger partial charge in [0.05, 0.1) is 25.9 Å². The predicted molar refractivity (Wildman–Crippen MR) is 30.8 cm³/mol. The molecule has 1 fully saturated rings. The smallest absolute Gasteiger partial charge is 0.0987 e. The summed E-state index contributed by atoms with van der Waals surface area (Å²) in [5.74, 6) is 0. The monoisotopic (exact) mass is 309 g/mol. The van der Waals surface area contributed by atoms with E-state index in [2.05, 4.69) is 6.58 Å². The van der Waals surface area contributed by atoms with E-state index in [1.54, 1.807) is 6.08 Å². The molecule has 0 aromatic rings. The number of ether oxygens (including phenoxy) is 2. The van der Waals surface area contributed by atoms with Crippen LogP contribution < -0.4 is 0 Å². The minimum Gasteiger partial charge on any atom is -0.376 e. The van der Waals surface area contributed by atoms with E-state index in [9.17, 15) is 0 Å². The molecule has 0 radical (unpaired) electrons. The van der Waals surface area contributed by atoms with Gasteiger partial charge in [0, 0.05) is 21.1 Å². The normalized spacial score (nSPS) is 26.4. The first kappa shape index (κ1) is 9.35. The van der Waals surface area contributed by atoms with Gasteiger partial charge in [0.15, 0.2) is 0 Å². The molecule has 0 aliphatic carbocycles. The average molecular weight is 309 g/mol. The molecule has 0 aromatic carbocycles. The van der Waals surface area contributed by atoms with E-state index >= 15 is 0 Å². The fourth-order valence-electron chi connectivity index (χ4n) is 0.642. The van der Waals surface area contributed by atoms with Gasteiger partial charge in [-0.1, -0.05) is 6.08 Å². The Balaban J connectivity index is 0.000000640. The summed E-state index contributed by atoms with van der Waals surface area (Å²) in [7, 11) is 0. The fraction of sp³-hybridized carbons (Fsp3) is 0.667. The molecular formula is C6H10O2Pt. The molecule has 3 heteroatoms. The molecule has 9 heavy (non-hydrogen) atoms. The van der Waals surface area contributed by atoms with Crippen molar-refractivity contribution in [3.05, 3.63) is 12.7 Å². The van der Waals surface area contributed by atoms with Gasteiger partial charge in [-0.05, 0) is 0 Å². The molecule has 0 N–H and O–H groups in total. The van der Waals surface area contributed by atoms with Crippen molar-refractivity contribution in [1.82, 2.24) is 0 Å². The Morgan fingerprint density at radius 1 is 1.44 bits per heavy atom. The summed E-state index contributed by atoms with van der Waals surface area (Å²) >= 11 is 0. The van der Waals surface area contributed by atoms with Gasteiger partial charge in [-0.25, -0.2) is 0 Å². The van der Waals surface area contributed by atoms with Crippen LogP contribution in [0.2, 0.25) is 0 Å². The Morgan fingerprint density at radius 3 is 2.56 bits per heavy atom. The predicted octanol–water partition coefficient (Wildman–Crippen LogP) is 0.585. The fourth-order valence-corrected chi connectivity index (χ4v) is 0.642. The third-order valence-electron chi connectivity index (χ3n) is 1.10. The SMILES string of the molecule is C=CC1COCCO1.[Pt]. The number of hydrogen-bond acceptors (Lipinski definition) is 2. The van der Waals surface area contributed by atoms with Crippen molar-refractivity contribution in [2.75, 3.05) is 19.8 Å². The maximum atomic E-state index is 5.18. The molecule has 0 amide bonds. The van der Waals surface area contributed by atoms with Gasteiger partial charge in [-0.3, -0.25) is 0 Å². The molecule has 0 aromatic heterocycles. The minimum atomic E-state index is 0. The van der Waals surface area contributed by atoms with Crippen LogP contribution in [0.4, 0.5) is 0 Å². The molecule has 1 rings (SSSR count). The van der Waals surface area contributed by atoms with Gasteiger partial charge in [0.25, 0.3) is 0 Å². The van der Waals surface area contributed by atoms with Crippen molar-refractivity contribution in [2.45, 2.75) is 6.10 Å². The molecule has 1 aliphatic heterocycles. The Hall–Kier alpha value is 0.348. The third-order valence-corrected chi connectivity index (χ3v) is 1.10. The van der Waals surface area contributed by atoms with E-state index in [4.69, 9.17) is 9.47 Å². The Morgan fingerprint density at radius 2 is 2.22 bits per heavy atom. The van der Waals surface area contributed by atoms with Crippen LogP contribution in [-0.4, -0.2) is 25.9 Å². The van der Waals surface area contributed by atoms with Crippen molar-refractivity contribution >= 4 is 0 Å². The standard InChI is InChI=1S/C6H10O2.Pt/c1-2-6-5-7-3-4-8-6;/h2,6H,1,3-5H2;. The molecule has 1 atom stereocenters. The largest absolute Gasteiger partial charge is 0.376 e. The van der Waals surface area contributed by atoms with Crippen LogP contribution in [-0.2, 0) is 30.5 Å². The zero-order valence-corrected chi connectivity index (χ0v) is 7.39. The topological polar surface area (TPSA) is 18.5 Å². The van der Waals surface area contributed by atoms with Gasteiger partial charge in [0.2, 0.25) is 0 Å². The maximum Gasteiger partial charge on any atom is 0.0987 e. The van der Waals surface area contributed by atoms with Gasteiger partial charge in [-0.15, -0.1) is 6.58 Å². The second kappa shape index (κ2) is 5.16. The number of rotatable bonds is 1. The van der Waals surface area contributed by atoms with Crippen molar-refractivity contribution in [3.8, 4) is 0 Å². The Kier molecular flexibility index (Phi) is 5.36. The molecular weight excluding hydrogens is 299 g/mol.